The van der Waals surface area contributed by atoms with Crippen LogP contribution in [0.1, 0.15) is 31.7 Å². The number of likely N-dealkylation sites (tertiary alicyclic amines) is 1. The number of rotatable bonds is 5. The van der Waals surface area contributed by atoms with Gasteiger partial charge in [0.15, 0.2) is 0 Å². The third-order valence-electron chi connectivity index (χ3n) is 4.02. The Kier molecular flexibility index (Phi) is 4.81. The molecule has 0 amide bonds. The lowest BCUT2D eigenvalue weighted by atomic mass is 9.83. The summed E-state index contributed by atoms with van der Waals surface area (Å²) in [6.45, 7) is 3.88. The van der Waals surface area contributed by atoms with Crippen molar-refractivity contribution < 1.29 is 14.3 Å². The highest BCUT2D eigenvalue weighted by atomic mass is 79.9. The standard InChI is InChI=1S/C15H19BrFNO2/c1-2-5-15(14(19)20)6-7-18(10-15)9-11-8-12(17)3-4-13(11)16/h3-4,8H,2,5-7,9-10H2,1H3,(H,19,20). The van der Waals surface area contributed by atoms with E-state index < -0.39 is 11.4 Å². The van der Waals surface area contributed by atoms with Gasteiger partial charge in [-0.1, -0.05) is 29.3 Å². The van der Waals surface area contributed by atoms with E-state index in [9.17, 15) is 14.3 Å². The van der Waals surface area contributed by atoms with E-state index in [0.717, 1.165) is 23.0 Å². The second-order valence-electron chi connectivity index (χ2n) is 5.53. The first-order valence-corrected chi connectivity index (χ1v) is 7.66. The fourth-order valence-electron chi connectivity index (χ4n) is 2.96. The van der Waals surface area contributed by atoms with Crippen LogP contribution in [0.25, 0.3) is 0 Å². The Bertz CT molecular complexity index is 509. The number of nitrogens with zero attached hydrogens (tertiary/aromatic N) is 1. The molecule has 1 aliphatic heterocycles. The summed E-state index contributed by atoms with van der Waals surface area (Å²) in [5.41, 5.74) is 0.233. The topological polar surface area (TPSA) is 40.5 Å². The molecule has 0 radical (unpaired) electrons. The van der Waals surface area contributed by atoms with Gasteiger partial charge in [-0.3, -0.25) is 9.69 Å². The highest BCUT2D eigenvalue weighted by Gasteiger charge is 2.43. The van der Waals surface area contributed by atoms with Gasteiger partial charge < -0.3 is 5.11 Å². The molecular formula is C15H19BrFNO2. The normalized spacial score (nSPS) is 23.1. The number of aliphatic carboxylic acids is 1. The maximum absolute atomic E-state index is 13.3. The highest BCUT2D eigenvalue weighted by molar-refractivity contribution is 9.10. The van der Waals surface area contributed by atoms with Gasteiger partial charge in [0.25, 0.3) is 0 Å². The fourth-order valence-corrected chi connectivity index (χ4v) is 3.33. The van der Waals surface area contributed by atoms with Crippen molar-refractivity contribution in [3.8, 4) is 0 Å². The van der Waals surface area contributed by atoms with Crippen molar-refractivity contribution in [2.75, 3.05) is 13.1 Å². The Morgan fingerprint density at radius 3 is 2.95 bits per heavy atom. The van der Waals surface area contributed by atoms with Crippen LogP contribution in [0.2, 0.25) is 0 Å². The lowest BCUT2D eigenvalue weighted by Gasteiger charge is -2.24. The number of hydrogen-bond acceptors (Lipinski definition) is 2. The van der Waals surface area contributed by atoms with Crippen molar-refractivity contribution >= 4 is 21.9 Å². The summed E-state index contributed by atoms with van der Waals surface area (Å²) in [7, 11) is 0. The van der Waals surface area contributed by atoms with E-state index in [4.69, 9.17) is 0 Å². The van der Waals surface area contributed by atoms with Crippen molar-refractivity contribution in [1.29, 1.82) is 0 Å². The molecule has 5 heteroatoms. The van der Waals surface area contributed by atoms with Crippen LogP contribution in [0.4, 0.5) is 4.39 Å². The van der Waals surface area contributed by atoms with Gasteiger partial charge in [-0.05, 0) is 43.1 Å². The predicted molar refractivity (Wildman–Crippen MR) is 79.0 cm³/mol. The zero-order valence-electron chi connectivity index (χ0n) is 11.5. The highest BCUT2D eigenvalue weighted by Crippen LogP contribution is 2.36. The van der Waals surface area contributed by atoms with Crippen LogP contribution < -0.4 is 0 Å². The summed E-state index contributed by atoms with van der Waals surface area (Å²) in [4.78, 5) is 13.6. The van der Waals surface area contributed by atoms with Gasteiger partial charge in [0.2, 0.25) is 0 Å². The van der Waals surface area contributed by atoms with Gasteiger partial charge in [-0.25, -0.2) is 4.39 Å². The smallest absolute Gasteiger partial charge is 0.310 e. The first kappa shape index (κ1) is 15.4. The van der Waals surface area contributed by atoms with Crippen LogP contribution in [-0.2, 0) is 11.3 Å². The number of carboxylic acid groups (broad SMARTS) is 1. The average molecular weight is 344 g/mol. The van der Waals surface area contributed by atoms with Gasteiger partial charge in [0, 0.05) is 17.6 Å². The molecular weight excluding hydrogens is 325 g/mol. The van der Waals surface area contributed by atoms with E-state index in [1.807, 2.05) is 6.92 Å². The Morgan fingerprint density at radius 1 is 1.55 bits per heavy atom. The van der Waals surface area contributed by atoms with Gasteiger partial charge in [0.1, 0.15) is 5.82 Å². The SMILES string of the molecule is CCCC1(C(=O)O)CCN(Cc2cc(F)ccc2Br)C1. The maximum atomic E-state index is 13.3. The van der Waals surface area contributed by atoms with Crippen LogP contribution >= 0.6 is 15.9 Å². The second-order valence-corrected chi connectivity index (χ2v) is 6.39. The van der Waals surface area contributed by atoms with Gasteiger partial charge in [0.05, 0.1) is 5.41 Å². The minimum atomic E-state index is -0.708. The number of carbonyl (C=O) groups is 1. The van der Waals surface area contributed by atoms with Crippen LogP contribution in [0.3, 0.4) is 0 Å². The van der Waals surface area contributed by atoms with Gasteiger partial charge >= 0.3 is 5.97 Å². The molecule has 0 bridgehead atoms. The van der Waals surface area contributed by atoms with Crippen molar-refractivity contribution in [2.24, 2.45) is 5.41 Å². The monoisotopic (exact) mass is 343 g/mol. The molecule has 1 fully saturated rings. The number of benzene rings is 1. The minimum Gasteiger partial charge on any atom is -0.481 e. The molecule has 110 valence electrons. The van der Waals surface area contributed by atoms with E-state index >= 15 is 0 Å². The van der Waals surface area contributed by atoms with E-state index in [1.165, 1.54) is 12.1 Å². The van der Waals surface area contributed by atoms with Crippen LogP contribution in [-0.4, -0.2) is 29.1 Å². The molecule has 0 aromatic heterocycles. The van der Waals surface area contributed by atoms with E-state index in [2.05, 4.69) is 20.8 Å². The molecule has 20 heavy (non-hydrogen) atoms. The summed E-state index contributed by atoms with van der Waals surface area (Å²) in [6.07, 6.45) is 2.23. The lowest BCUT2D eigenvalue weighted by Crippen LogP contribution is -2.34. The Labute approximate surface area is 126 Å². The Morgan fingerprint density at radius 2 is 2.30 bits per heavy atom. The summed E-state index contributed by atoms with van der Waals surface area (Å²) in [5.74, 6) is -0.972. The minimum absolute atomic E-state index is 0.263. The molecule has 1 unspecified atom stereocenters. The van der Waals surface area contributed by atoms with E-state index in [1.54, 1.807) is 6.07 Å². The molecule has 1 heterocycles. The second kappa shape index (κ2) is 6.22. The largest absolute Gasteiger partial charge is 0.481 e. The predicted octanol–water partition coefficient (Wildman–Crippen LogP) is 3.67. The summed E-state index contributed by atoms with van der Waals surface area (Å²) >= 11 is 3.42. The molecule has 0 spiro atoms. The summed E-state index contributed by atoms with van der Waals surface area (Å²) < 4.78 is 14.2. The number of hydrogen-bond donors (Lipinski definition) is 1. The van der Waals surface area contributed by atoms with Crippen molar-refractivity contribution in [1.82, 2.24) is 4.90 Å². The zero-order chi connectivity index (χ0) is 14.8. The third kappa shape index (κ3) is 3.20. The fraction of sp³-hybridized carbons (Fsp3) is 0.533. The first-order chi connectivity index (χ1) is 9.47. The third-order valence-corrected chi connectivity index (χ3v) is 4.79. The van der Waals surface area contributed by atoms with Gasteiger partial charge in [-0.2, -0.15) is 0 Å². The number of carboxylic acids is 1. The average Bonchev–Trinajstić information content (AvgIpc) is 2.79. The Balaban J connectivity index is 2.09. The molecule has 1 aromatic carbocycles. The van der Waals surface area contributed by atoms with E-state index in [0.29, 0.717) is 25.9 Å². The zero-order valence-corrected chi connectivity index (χ0v) is 13.1. The molecule has 2 rings (SSSR count). The molecule has 0 saturated carbocycles. The molecule has 3 nitrogen and oxygen atoms in total. The lowest BCUT2D eigenvalue weighted by molar-refractivity contribution is -0.148. The quantitative estimate of drug-likeness (QED) is 0.886. The molecule has 1 saturated heterocycles. The van der Waals surface area contributed by atoms with E-state index in [-0.39, 0.29) is 5.82 Å². The van der Waals surface area contributed by atoms with Crippen LogP contribution in [0.15, 0.2) is 22.7 Å². The van der Waals surface area contributed by atoms with Gasteiger partial charge in [-0.15, -0.1) is 0 Å². The molecule has 1 atom stereocenters. The van der Waals surface area contributed by atoms with Crippen molar-refractivity contribution in [3.05, 3.63) is 34.1 Å². The maximum Gasteiger partial charge on any atom is 0.310 e. The first-order valence-electron chi connectivity index (χ1n) is 6.86. The van der Waals surface area contributed by atoms with Crippen LogP contribution in [0.5, 0.6) is 0 Å². The summed E-state index contributed by atoms with van der Waals surface area (Å²) in [5, 5.41) is 9.48. The Hall–Kier alpha value is -0.940. The molecule has 1 N–H and O–H groups in total. The molecule has 1 aromatic rings. The van der Waals surface area contributed by atoms with Crippen LogP contribution in [0, 0.1) is 11.2 Å². The summed E-state index contributed by atoms with van der Waals surface area (Å²) in [6, 6.07) is 4.61. The number of halogens is 2. The van der Waals surface area contributed by atoms with Crippen molar-refractivity contribution in [2.45, 2.75) is 32.7 Å². The molecule has 0 aliphatic carbocycles. The van der Waals surface area contributed by atoms with Crippen molar-refractivity contribution in [3.63, 3.8) is 0 Å². The molecule has 1 aliphatic rings.